The standard InChI is InChI=1S/C18H20N4O2/c23-17(13-20-10-5-9-19-18(20)24)22-12-14-6-3-4-11-21(14)15-7-1-2-8-16(15)22/h1-2,5,7-10,14H,3-4,6,11-13H2/t14-/m0/s1. The van der Waals surface area contributed by atoms with E-state index >= 15 is 0 Å². The van der Waals surface area contributed by atoms with Crippen molar-refractivity contribution in [1.82, 2.24) is 9.55 Å². The molecule has 24 heavy (non-hydrogen) atoms. The van der Waals surface area contributed by atoms with E-state index in [1.54, 1.807) is 12.3 Å². The van der Waals surface area contributed by atoms with Crippen LogP contribution in [0.1, 0.15) is 19.3 Å². The Morgan fingerprint density at radius 1 is 1.17 bits per heavy atom. The van der Waals surface area contributed by atoms with Crippen molar-refractivity contribution in [1.29, 1.82) is 0 Å². The van der Waals surface area contributed by atoms with Crippen molar-refractivity contribution in [3.63, 3.8) is 0 Å². The molecular formula is C18H20N4O2. The fourth-order valence-corrected chi connectivity index (χ4v) is 3.73. The molecule has 0 bridgehead atoms. The normalized spacial score (nSPS) is 19.6. The molecule has 3 heterocycles. The SMILES string of the molecule is O=C(Cn1cccnc1=O)N1C[C@@H]2CCCCN2c2ccccc21. The summed E-state index contributed by atoms with van der Waals surface area (Å²) in [5, 5.41) is 0. The average Bonchev–Trinajstić information content (AvgIpc) is 2.63. The molecule has 4 rings (SSSR count). The number of carbonyl (C=O) groups is 1. The van der Waals surface area contributed by atoms with E-state index in [4.69, 9.17) is 0 Å². The number of hydrogen-bond acceptors (Lipinski definition) is 4. The van der Waals surface area contributed by atoms with E-state index in [0.717, 1.165) is 24.3 Å². The van der Waals surface area contributed by atoms with Gasteiger partial charge < -0.3 is 9.80 Å². The third kappa shape index (κ3) is 2.58. The lowest BCUT2D eigenvalue weighted by Crippen LogP contribution is -2.53. The van der Waals surface area contributed by atoms with Crippen LogP contribution in [0.25, 0.3) is 0 Å². The molecule has 2 aliphatic rings. The Labute approximate surface area is 140 Å². The number of piperidine rings is 1. The van der Waals surface area contributed by atoms with Crippen molar-refractivity contribution in [3.05, 3.63) is 53.2 Å². The van der Waals surface area contributed by atoms with Crippen LogP contribution in [0.5, 0.6) is 0 Å². The molecular weight excluding hydrogens is 304 g/mol. The molecule has 124 valence electrons. The van der Waals surface area contributed by atoms with Gasteiger partial charge in [0.1, 0.15) is 6.54 Å². The quantitative estimate of drug-likeness (QED) is 0.843. The van der Waals surface area contributed by atoms with Gasteiger partial charge in [0.15, 0.2) is 0 Å². The summed E-state index contributed by atoms with van der Waals surface area (Å²) in [5.74, 6) is -0.0669. The van der Waals surface area contributed by atoms with Crippen LogP contribution in [-0.4, -0.2) is 34.6 Å². The Morgan fingerprint density at radius 3 is 2.83 bits per heavy atom. The lowest BCUT2D eigenvalue weighted by atomic mass is 9.97. The highest BCUT2D eigenvalue weighted by Gasteiger charge is 2.34. The fourth-order valence-electron chi connectivity index (χ4n) is 3.73. The first-order valence-corrected chi connectivity index (χ1v) is 8.41. The van der Waals surface area contributed by atoms with Gasteiger partial charge in [-0.15, -0.1) is 0 Å². The number of aromatic nitrogens is 2. The van der Waals surface area contributed by atoms with Crippen LogP contribution in [0.4, 0.5) is 11.4 Å². The van der Waals surface area contributed by atoms with Gasteiger partial charge >= 0.3 is 5.69 Å². The monoisotopic (exact) mass is 324 g/mol. The zero-order valence-electron chi connectivity index (χ0n) is 13.5. The van der Waals surface area contributed by atoms with Crippen molar-refractivity contribution >= 4 is 17.3 Å². The van der Waals surface area contributed by atoms with Crippen LogP contribution in [0.2, 0.25) is 0 Å². The van der Waals surface area contributed by atoms with E-state index in [-0.39, 0.29) is 12.5 Å². The molecule has 0 N–H and O–H groups in total. The van der Waals surface area contributed by atoms with Crippen molar-refractivity contribution in [2.45, 2.75) is 31.8 Å². The second-order valence-electron chi connectivity index (χ2n) is 6.37. The minimum Gasteiger partial charge on any atom is -0.365 e. The fraction of sp³-hybridized carbons (Fsp3) is 0.389. The van der Waals surface area contributed by atoms with Gasteiger partial charge in [-0.25, -0.2) is 9.78 Å². The number of nitrogens with zero attached hydrogens (tertiary/aromatic N) is 4. The van der Waals surface area contributed by atoms with Crippen LogP contribution in [0.15, 0.2) is 47.5 Å². The molecule has 0 aliphatic carbocycles. The van der Waals surface area contributed by atoms with Gasteiger partial charge in [0.25, 0.3) is 0 Å². The first kappa shape index (κ1) is 14.9. The third-order valence-electron chi connectivity index (χ3n) is 4.89. The molecule has 2 aromatic rings. The molecule has 2 aliphatic heterocycles. The van der Waals surface area contributed by atoms with Gasteiger partial charge in [0, 0.05) is 31.5 Å². The van der Waals surface area contributed by atoms with E-state index in [9.17, 15) is 9.59 Å². The van der Waals surface area contributed by atoms with Crippen molar-refractivity contribution in [3.8, 4) is 0 Å². The first-order valence-electron chi connectivity index (χ1n) is 8.41. The number of hydrogen-bond donors (Lipinski definition) is 0. The average molecular weight is 324 g/mol. The van der Waals surface area contributed by atoms with Crippen LogP contribution in [0.3, 0.4) is 0 Å². The van der Waals surface area contributed by atoms with Crippen molar-refractivity contribution in [2.24, 2.45) is 0 Å². The number of fused-ring (bicyclic) bond motifs is 3. The lowest BCUT2D eigenvalue weighted by Gasteiger charge is -2.46. The lowest BCUT2D eigenvalue weighted by molar-refractivity contribution is -0.119. The first-order chi connectivity index (χ1) is 11.7. The maximum absolute atomic E-state index is 12.9. The van der Waals surface area contributed by atoms with Crippen LogP contribution in [0, 0.1) is 0 Å². The maximum atomic E-state index is 12.9. The summed E-state index contributed by atoms with van der Waals surface area (Å²) in [7, 11) is 0. The van der Waals surface area contributed by atoms with Crippen LogP contribution in [-0.2, 0) is 11.3 Å². The number of carbonyl (C=O) groups excluding carboxylic acids is 1. The summed E-state index contributed by atoms with van der Waals surface area (Å²) in [6.45, 7) is 1.75. The van der Waals surface area contributed by atoms with Gasteiger partial charge in [-0.1, -0.05) is 12.1 Å². The van der Waals surface area contributed by atoms with Gasteiger partial charge in [-0.3, -0.25) is 9.36 Å². The molecule has 6 nitrogen and oxygen atoms in total. The smallest absolute Gasteiger partial charge is 0.347 e. The molecule has 0 saturated carbocycles. The second-order valence-corrected chi connectivity index (χ2v) is 6.37. The molecule has 0 radical (unpaired) electrons. The zero-order chi connectivity index (χ0) is 16.5. The van der Waals surface area contributed by atoms with E-state index < -0.39 is 5.69 Å². The maximum Gasteiger partial charge on any atom is 0.347 e. The molecule has 1 saturated heterocycles. The van der Waals surface area contributed by atoms with Gasteiger partial charge in [0.05, 0.1) is 11.4 Å². The van der Waals surface area contributed by atoms with Crippen molar-refractivity contribution in [2.75, 3.05) is 22.9 Å². The molecule has 1 aromatic carbocycles. The van der Waals surface area contributed by atoms with Crippen LogP contribution < -0.4 is 15.5 Å². The predicted octanol–water partition coefficient (Wildman–Crippen LogP) is 1.65. The molecule has 1 fully saturated rings. The highest BCUT2D eigenvalue weighted by Crippen LogP contribution is 2.38. The largest absolute Gasteiger partial charge is 0.365 e. The van der Waals surface area contributed by atoms with Gasteiger partial charge in [-0.2, -0.15) is 0 Å². The molecule has 1 aromatic heterocycles. The minimum atomic E-state index is -0.393. The Balaban J connectivity index is 1.66. The molecule has 6 heteroatoms. The predicted molar refractivity (Wildman–Crippen MR) is 92.3 cm³/mol. The molecule has 0 unspecified atom stereocenters. The summed E-state index contributed by atoms with van der Waals surface area (Å²) >= 11 is 0. The van der Waals surface area contributed by atoms with Gasteiger partial charge in [-0.05, 0) is 37.5 Å². The Hall–Kier alpha value is -2.63. The van der Waals surface area contributed by atoms with Crippen LogP contribution >= 0.6 is 0 Å². The number of anilines is 2. The topological polar surface area (TPSA) is 58.4 Å². The van der Waals surface area contributed by atoms with E-state index in [1.807, 2.05) is 23.1 Å². The Bertz CT molecular complexity index is 816. The summed E-state index contributed by atoms with van der Waals surface area (Å²) < 4.78 is 1.36. The molecule has 1 atom stereocenters. The van der Waals surface area contributed by atoms with Crippen molar-refractivity contribution < 1.29 is 4.79 Å². The highest BCUT2D eigenvalue weighted by atomic mass is 16.2. The van der Waals surface area contributed by atoms with Gasteiger partial charge in [0.2, 0.25) is 5.91 Å². The summed E-state index contributed by atoms with van der Waals surface area (Å²) in [5.41, 5.74) is 1.67. The second kappa shape index (κ2) is 6.11. The number of amides is 1. The highest BCUT2D eigenvalue weighted by molar-refractivity contribution is 5.98. The zero-order valence-corrected chi connectivity index (χ0v) is 13.5. The van der Waals surface area contributed by atoms with E-state index in [1.165, 1.54) is 23.6 Å². The minimum absolute atomic E-state index is 0.0216. The van der Waals surface area contributed by atoms with E-state index in [2.05, 4.69) is 16.0 Å². The number of rotatable bonds is 2. The third-order valence-corrected chi connectivity index (χ3v) is 4.89. The number of benzene rings is 1. The summed E-state index contributed by atoms with van der Waals surface area (Å²) in [6, 6.07) is 10.1. The Kier molecular flexibility index (Phi) is 3.80. The summed E-state index contributed by atoms with van der Waals surface area (Å²) in [4.78, 5) is 32.6. The Morgan fingerprint density at radius 2 is 2.00 bits per heavy atom. The van der Waals surface area contributed by atoms with E-state index in [0.29, 0.717) is 12.6 Å². The summed E-state index contributed by atoms with van der Waals surface area (Å²) in [6.07, 6.45) is 6.55. The molecule has 1 amide bonds. The number of para-hydroxylation sites is 2. The molecule has 0 spiro atoms.